The number of nitrogens with zero attached hydrogens (tertiary/aromatic N) is 2. The van der Waals surface area contributed by atoms with E-state index in [-0.39, 0.29) is 0 Å². The molecule has 0 bridgehead atoms. The van der Waals surface area contributed by atoms with Crippen LogP contribution in [0.1, 0.15) is 27.2 Å². The quantitative estimate of drug-likeness (QED) is 0.729. The van der Waals surface area contributed by atoms with Crippen LogP contribution >= 0.6 is 0 Å². The number of rotatable bonds is 7. The summed E-state index contributed by atoms with van der Waals surface area (Å²) in [4.78, 5) is 4.91. The fourth-order valence-electron chi connectivity index (χ4n) is 2.54. The van der Waals surface area contributed by atoms with E-state index in [0.717, 1.165) is 18.4 Å². The van der Waals surface area contributed by atoms with Gasteiger partial charge in [-0.2, -0.15) is 0 Å². The van der Waals surface area contributed by atoms with Gasteiger partial charge in [-0.3, -0.25) is 0 Å². The Balaban J connectivity index is 2.38. The normalized spacial score (nSPS) is 25.4. The highest BCUT2D eigenvalue weighted by Gasteiger charge is 2.24. The average Bonchev–Trinajstić information content (AvgIpc) is 2.60. The Bertz CT molecular complexity index is 204. The first-order chi connectivity index (χ1) is 7.99. The van der Waals surface area contributed by atoms with Gasteiger partial charge in [0, 0.05) is 32.2 Å². The maximum atomic E-state index is 3.64. The van der Waals surface area contributed by atoms with Crippen molar-refractivity contribution < 1.29 is 0 Å². The molecule has 102 valence electrons. The summed E-state index contributed by atoms with van der Waals surface area (Å²) in [6, 6.07) is 0.705. The molecule has 1 fully saturated rings. The van der Waals surface area contributed by atoms with Gasteiger partial charge >= 0.3 is 0 Å². The van der Waals surface area contributed by atoms with Crippen LogP contribution < -0.4 is 5.32 Å². The van der Waals surface area contributed by atoms with E-state index in [9.17, 15) is 0 Å². The summed E-state index contributed by atoms with van der Waals surface area (Å²) in [5, 5.41) is 3.64. The minimum absolute atomic E-state index is 0.705. The topological polar surface area (TPSA) is 18.5 Å². The van der Waals surface area contributed by atoms with Crippen molar-refractivity contribution in [3.63, 3.8) is 0 Å². The lowest BCUT2D eigenvalue weighted by atomic mass is 10.0. The van der Waals surface area contributed by atoms with E-state index >= 15 is 0 Å². The molecule has 1 saturated heterocycles. The fourth-order valence-corrected chi connectivity index (χ4v) is 2.54. The highest BCUT2D eigenvalue weighted by Crippen LogP contribution is 2.16. The molecule has 0 aliphatic carbocycles. The molecule has 0 radical (unpaired) electrons. The van der Waals surface area contributed by atoms with Crippen LogP contribution in [0.4, 0.5) is 0 Å². The third kappa shape index (κ3) is 5.84. The third-order valence-electron chi connectivity index (χ3n) is 3.63. The second-order valence-corrected chi connectivity index (χ2v) is 6.28. The van der Waals surface area contributed by atoms with Crippen molar-refractivity contribution in [1.82, 2.24) is 15.1 Å². The van der Waals surface area contributed by atoms with E-state index in [4.69, 9.17) is 0 Å². The van der Waals surface area contributed by atoms with Gasteiger partial charge in [0.1, 0.15) is 0 Å². The zero-order chi connectivity index (χ0) is 12.8. The predicted molar refractivity (Wildman–Crippen MR) is 75.4 cm³/mol. The van der Waals surface area contributed by atoms with Crippen LogP contribution in [0.15, 0.2) is 0 Å². The Kier molecular flexibility index (Phi) is 6.45. The Morgan fingerprint density at radius 3 is 2.41 bits per heavy atom. The number of nitrogens with one attached hydrogen (secondary N) is 1. The molecule has 0 amide bonds. The van der Waals surface area contributed by atoms with Gasteiger partial charge in [0.2, 0.25) is 0 Å². The summed E-state index contributed by atoms with van der Waals surface area (Å²) in [7, 11) is 4.31. The molecule has 2 atom stereocenters. The minimum atomic E-state index is 0.705. The first-order valence-corrected chi connectivity index (χ1v) is 7.09. The van der Waals surface area contributed by atoms with Gasteiger partial charge in [-0.25, -0.2) is 0 Å². The molecule has 1 rings (SSSR count). The zero-order valence-corrected chi connectivity index (χ0v) is 12.4. The number of hydrogen-bond acceptors (Lipinski definition) is 3. The summed E-state index contributed by atoms with van der Waals surface area (Å²) in [5.74, 6) is 1.60. The maximum Gasteiger partial charge on any atom is 0.0221 e. The monoisotopic (exact) mass is 241 g/mol. The summed E-state index contributed by atoms with van der Waals surface area (Å²) in [6.07, 6.45) is 1.34. The second-order valence-electron chi connectivity index (χ2n) is 6.28. The molecule has 0 aromatic carbocycles. The van der Waals surface area contributed by atoms with E-state index in [0.29, 0.717) is 6.04 Å². The largest absolute Gasteiger partial charge is 0.312 e. The second kappa shape index (κ2) is 7.34. The molecule has 2 unspecified atom stereocenters. The molecule has 0 aromatic heterocycles. The molecule has 1 heterocycles. The van der Waals surface area contributed by atoms with Crippen LogP contribution in [0.3, 0.4) is 0 Å². The minimum Gasteiger partial charge on any atom is -0.312 e. The third-order valence-corrected chi connectivity index (χ3v) is 3.63. The maximum absolute atomic E-state index is 3.64. The molecule has 1 aliphatic heterocycles. The van der Waals surface area contributed by atoms with Gasteiger partial charge < -0.3 is 15.1 Å². The highest BCUT2D eigenvalue weighted by atomic mass is 15.2. The Morgan fingerprint density at radius 1 is 1.24 bits per heavy atom. The summed E-state index contributed by atoms with van der Waals surface area (Å²) >= 11 is 0. The summed E-state index contributed by atoms with van der Waals surface area (Å²) in [6.45, 7) is 13.0. The van der Waals surface area contributed by atoms with E-state index in [1.165, 1.54) is 32.6 Å². The first-order valence-electron chi connectivity index (χ1n) is 7.09. The lowest BCUT2D eigenvalue weighted by molar-refractivity contribution is 0.193. The molecular formula is C14H31N3. The van der Waals surface area contributed by atoms with Crippen molar-refractivity contribution in [2.45, 2.75) is 33.2 Å². The summed E-state index contributed by atoms with van der Waals surface area (Å²) in [5.41, 5.74) is 0. The molecule has 3 heteroatoms. The fraction of sp³-hybridized carbons (Fsp3) is 1.00. The van der Waals surface area contributed by atoms with Gasteiger partial charge in [0.05, 0.1) is 0 Å². The van der Waals surface area contributed by atoms with Crippen LogP contribution in [0.2, 0.25) is 0 Å². The Labute approximate surface area is 108 Å². The van der Waals surface area contributed by atoms with E-state index in [1.54, 1.807) is 0 Å². The Morgan fingerprint density at radius 2 is 1.94 bits per heavy atom. The van der Waals surface area contributed by atoms with Crippen LogP contribution in [0.25, 0.3) is 0 Å². The van der Waals surface area contributed by atoms with Crippen molar-refractivity contribution in [3.8, 4) is 0 Å². The lowest BCUT2D eigenvalue weighted by Crippen LogP contribution is -2.44. The molecule has 0 spiro atoms. The molecule has 0 saturated carbocycles. The Hall–Kier alpha value is -0.120. The number of likely N-dealkylation sites (N-methyl/N-ethyl adjacent to an activating group) is 1. The SMILES string of the molecule is CC(C)CN(CCN(C)C)CC1NCCC1C. The molecule has 0 aromatic rings. The smallest absolute Gasteiger partial charge is 0.0221 e. The zero-order valence-electron chi connectivity index (χ0n) is 12.4. The van der Waals surface area contributed by atoms with Crippen LogP contribution in [0.5, 0.6) is 0 Å². The van der Waals surface area contributed by atoms with Crippen LogP contribution in [0, 0.1) is 11.8 Å². The lowest BCUT2D eigenvalue weighted by Gasteiger charge is -2.30. The average molecular weight is 241 g/mol. The van der Waals surface area contributed by atoms with Gasteiger partial charge in [0.15, 0.2) is 0 Å². The van der Waals surface area contributed by atoms with Gasteiger partial charge in [-0.1, -0.05) is 20.8 Å². The molecule has 1 aliphatic rings. The van der Waals surface area contributed by atoms with E-state index < -0.39 is 0 Å². The number of hydrogen-bond donors (Lipinski definition) is 1. The van der Waals surface area contributed by atoms with E-state index in [2.05, 4.69) is 50.0 Å². The van der Waals surface area contributed by atoms with Crippen molar-refractivity contribution in [2.24, 2.45) is 11.8 Å². The van der Waals surface area contributed by atoms with Crippen molar-refractivity contribution in [2.75, 3.05) is 46.8 Å². The standard InChI is InChI=1S/C14H31N3/c1-12(2)10-17(9-8-16(4)5)11-14-13(3)6-7-15-14/h12-15H,6-11H2,1-5H3. The van der Waals surface area contributed by atoms with E-state index in [1.807, 2.05) is 0 Å². The van der Waals surface area contributed by atoms with Crippen molar-refractivity contribution >= 4 is 0 Å². The van der Waals surface area contributed by atoms with Crippen molar-refractivity contribution in [3.05, 3.63) is 0 Å². The van der Waals surface area contributed by atoms with Crippen LogP contribution in [-0.2, 0) is 0 Å². The highest BCUT2D eigenvalue weighted by molar-refractivity contribution is 4.84. The molecule has 1 N–H and O–H groups in total. The van der Waals surface area contributed by atoms with Gasteiger partial charge in [-0.15, -0.1) is 0 Å². The summed E-state index contributed by atoms with van der Waals surface area (Å²) < 4.78 is 0. The van der Waals surface area contributed by atoms with Gasteiger partial charge in [-0.05, 0) is 38.9 Å². The molecule has 3 nitrogen and oxygen atoms in total. The molecule has 17 heavy (non-hydrogen) atoms. The van der Waals surface area contributed by atoms with Gasteiger partial charge in [0.25, 0.3) is 0 Å². The first kappa shape index (κ1) is 14.9. The predicted octanol–water partition coefficient (Wildman–Crippen LogP) is 1.50. The van der Waals surface area contributed by atoms with Crippen molar-refractivity contribution in [1.29, 1.82) is 0 Å². The molecular weight excluding hydrogens is 210 g/mol. The van der Waals surface area contributed by atoms with Crippen LogP contribution in [-0.4, -0.2) is 62.7 Å².